The molecule has 0 radical (unpaired) electrons. The molecule has 0 aliphatic carbocycles. The minimum atomic E-state index is -0.462. The Labute approximate surface area is 213 Å². The highest BCUT2D eigenvalue weighted by Gasteiger charge is 2.15. The lowest BCUT2D eigenvalue weighted by atomic mass is 10.1. The van der Waals surface area contributed by atoms with Crippen LogP contribution in [0.1, 0.15) is 28.6 Å². The summed E-state index contributed by atoms with van der Waals surface area (Å²) in [6, 6.07) is 26.9. The fourth-order valence-corrected chi connectivity index (χ4v) is 4.08. The molecule has 1 atom stereocenters. The Morgan fingerprint density at radius 2 is 1.69 bits per heavy atom. The van der Waals surface area contributed by atoms with Crippen LogP contribution >= 0.6 is 15.9 Å². The van der Waals surface area contributed by atoms with Crippen molar-refractivity contribution in [3.63, 3.8) is 0 Å². The van der Waals surface area contributed by atoms with Gasteiger partial charge in [0.2, 0.25) is 5.89 Å². The van der Waals surface area contributed by atoms with Gasteiger partial charge in [0, 0.05) is 17.3 Å². The number of benzene rings is 3. The van der Waals surface area contributed by atoms with Gasteiger partial charge in [-0.15, -0.1) is 0 Å². The number of aryl methyl sites for hydroxylation is 1. The zero-order chi connectivity index (χ0) is 24.5. The first-order valence-electron chi connectivity index (χ1n) is 11.4. The Hall–Kier alpha value is -3.58. The standard InChI is InChI=1S/C28H27BrN2O4/c1-20-25(30-27(35-20)23-10-6-3-7-11-23)16-17-33-24-14-12-22(13-15-24)26(18-29)31-28(32)34-19-21-8-4-2-5-9-21/h2-15,26H,16-19H2,1H3,(H,31,32)/t26-/m0/s1. The molecule has 180 valence electrons. The number of carbonyl (C=O) groups is 1. The van der Waals surface area contributed by atoms with Crippen LogP contribution in [0.5, 0.6) is 5.75 Å². The predicted octanol–water partition coefficient (Wildman–Crippen LogP) is 6.63. The van der Waals surface area contributed by atoms with Crippen LogP contribution in [0.3, 0.4) is 0 Å². The number of ether oxygens (including phenoxy) is 2. The fraction of sp³-hybridized carbons (Fsp3) is 0.214. The lowest BCUT2D eigenvalue weighted by Gasteiger charge is -2.17. The third kappa shape index (κ3) is 6.96. The number of alkyl carbamates (subject to hydrolysis) is 1. The van der Waals surface area contributed by atoms with Crippen LogP contribution in [0.2, 0.25) is 0 Å². The van der Waals surface area contributed by atoms with Crippen molar-refractivity contribution in [1.29, 1.82) is 0 Å². The Balaban J connectivity index is 1.26. The Bertz CT molecular complexity index is 1210. The van der Waals surface area contributed by atoms with Crippen LogP contribution in [0.15, 0.2) is 89.3 Å². The molecule has 35 heavy (non-hydrogen) atoms. The molecule has 3 aromatic carbocycles. The van der Waals surface area contributed by atoms with Gasteiger partial charge in [0.05, 0.1) is 18.3 Å². The van der Waals surface area contributed by atoms with Gasteiger partial charge >= 0.3 is 6.09 Å². The summed E-state index contributed by atoms with van der Waals surface area (Å²) in [5, 5.41) is 3.45. The van der Waals surface area contributed by atoms with Gasteiger partial charge in [-0.1, -0.05) is 76.6 Å². The van der Waals surface area contributed by atoms with E-state index in [4.69, 9.17) is 13.9 Å². The molecule has 0 aliphatic rings. The summed E-state index contributed by atoms with van der Waals surface area (Å²) in [7, 11) is 0. The fourth-order valence-electron chi connectivity index (χ4n) is 3.54. The van der Waals surface area contributed by atoms with E-state index in [0.29, 0.717) is 24.2 Å². The van der Waals surface area contributed by atoms with Crippen LogP contribution in [-0.4, -0.2) is 23.0 Å². The average Bonchev–Trinajstić information content (AvgIpc) is 3.28. The van der Waals surface area contributed by atoms with Gasteiger partial charge in [-0.25, -0.2) is 9.78 Å². The molecule has 0 fully saturated rings. The molecule has 6 nitrogen and oxygen atoms in total. The lowest BCUT2D eigenvalue weighted by Crippen LogP contribution is -2.30. The first-order chi connectivity index (χ1) is 17.1. The summed E-state index contributed by atoms with van der Waals surface area (Å²) in [4.78, 5) is 16.8. The zero-order valence-electron chi connectivity index (χ0n) is 19.4. The van der Waals surface area contributed by atoms with E-state index in [2.05, 4.69) is 26.2 Å². The van der Waals surface area contributed by atoms with Crippen LogP contribution in [0.25, 0.3) is 11.5 Å². The molecule has 0 saturated carbocycles. The summed E-state index contributed by atoms with van der Waals surface area (Å²) in [5.74, 6) is 2.17. The highest BCUT2D eigenvalue weighted by molar-refractivity contribution is 9.09. The van der Waals surface area contributed by atoms with E-state index in [0.717, 1.165) is 33.9 Å². The maximum Gasteiger partial charge on any atom is 0.407 e. The monoisotopic (exact) mass is 534 g/mol. The number of nitrogens with one attached hydrogen (secondary N) is 1. The second kappa shape index (κ2) is 12.2. The van der Waals surface area contributed by atoms with Crippen molar-refractivity contribution in [3.05, 3.63) is 108 Å². The maximum atomic E-state index is 12.2. The van der Waals surface area contributed by atoms with Crippen molar-refractivity contribution in [3.8, 4) is 17.2 Å². The molecular formula is C28H27BrN2O4. The summed E-state index contributed by atoms with van der Waals surface area (Å²) < 4.78 is 17.1. The van der Waals surface area contributed by atoms with Gasteiger partial charge < -0.3 is 19.2 Å². The molecular weight excluding hydrogens is 508 g/mol. The molecule has 0 unspecified atom stereocenters. The van der Waals surface area contributed by atoms with Crippen molar-refractivity contribution in [2.75, 3.05) is 11.9 Å². The molecule has 7 heteroatoms. The Morgan fingerprint density at radius 3 is 2.37 bits per heavy atom. The minimum absolute atomic E-state index is 0.221. The topological polar surface area (TPSA) is 73.6 Å². The zero-order valence-corrected chi connectivity index (χ0v) is 21.0. The number of halogens is 1. The maximum absolute atomic E-state index is 12.2. The van der Waals surface area contributed by atoms with Gasteiger partial charge in [-0.2, -0.15) is 0 Å². The van der Waals surface area contributed by atoms with Gasteiger partial charge in [0.25, 0.3) is 0 Å². The SMILES string of the molecule is Cc1oc(-c2ccccc2)nc1CCOc1ccc([C@H](CBr)NC(=O)OCc2ccccc2)cc1. The van der Waals surface area contributed by atoms with Crippen molar-refractivity contribution in [2.24, 2.45) is 0 Å². The van der Waals surface area contributed by atoms with Crippen molar-refractivity contribution >= 4 is 22.0 Å². The number of rotatable bonds is 10. The van der Waals surface area contributed by atoms with E-state index in [1.54, 1.807) is 0 Å². The largest absolute Gasteiger partial charge is 0.493 e. The highest BCUT2D eigenvalue weighted by Crippen LogP contribution is 2.23. The van der Waals surface area contributed by atoms with Gasteiger partial charge in [-0.05, 0) is 42.3 Å². The van der Waals surface area contributed by atoms with Gasteiger partial charge in [0.15, 0.2) is 0 Å². The van der Waals surface area contributed by atoms with Gasteiger partial charge in [-0.3, -0.25) is 0 Å². The second-order valence-corrected chi connectivity index (χ2v) is 8.62. The lowest BCUT2D eigenvalue weighted by molar-refractivity contribution is 0.136. The second-order valence-electron chi connectivity index (χ2n) is 7.97. The van der Waals surface area contributed by atoms with Crippen LogP contribution in [0, 0.1) is 6.92 Å². The number of alkyl halides is 1. The first kappa shape index (κ1) is 24.5. The van der Waals surface area contributed by atoms with Gasteiger partial charge in [0.1, 0.15) is 18.1 Å². The Kier molecular flexibility index (Phi) is 8.57. The highest BCUT2D eigenvalue weighted by atomic mass is 79.9. The first-order valence-corrected chi connectivity index (χ1v) is 12.5. The third-order valence-electron chi connectivity index (χ3n) is 5.46. The summed E-state index contributed by atoms with van der Waals surface area (Å²) in [6.45, 7) is 2.63. The summed E-state index contributed by atoms with van der Waals surface area (Å²) in [6.07, 6.45) is 0.180. The third-order valence-corrected chi connectivity index (χ3v) is 6.11. The summed E-state index contributed by atoms with van der Waals surface area (Å²) in [5.41, 5.74) is 3.73. The molecule has 1 amide bonds. The number of aromatic nitrogens is 1. The minimum Gasteiger partial charge on any atom is -0.493 e. The number of nitrogens with zero attached hydrogens (tertiary/aromatic N) is 1. The molecule has 0 spiro atoms. The molecule has 0 aliphatic heterocycles. The molecule has 1 heterocycles. The molecule has 4 aromatic rings. The number of hydrogen-bond acceptors (Lipinski definition) is 5. The number of carbonyl (C=O) groups excluding carboxylic acids is 1. The van der Waals surface area contributed by atoms with Crippen LogP contribution in [-0.2, 0) is 17.8 Å². The molecule has 1 aromatic heterocycles. The van der Waals surface area contributed by atoms with Crippen molar-refractivity contribution in [2.45, 2.75) is 26.0 Å². The van der Waals surface area contributed by atoms with E-state index < -0.39 is 6.09 Å². The number of oxazole rings is 1. The number of hydrogen-bond donors (Lipinski definition) is 1. The van der Waals surface area contributed by atoms with Crippen LogP contribution < -0.4 is 10.1 Å². The van der Waals surface area contributed by atoms with Crippen LogP contribution in [0.4, 0.5) is 4.79 Å². The predicted molar refractivity (Wildman–Crippen MR) is 139 cm³/mol. The van der Waals surface area contributed by atoms with E-state index in [1.807, 2.05) is 91.9 Å². The normalized spacial score (nSPS) is 11.6. The van der Waals surface area contributed by atoms with E-state index in [1.165, 1.54) is 0 Å². The average molecular weight is 535 g/mol. The van der Waals surface area contributed by atoms with Crippen molar-refractivity contribution < 1.29 is 18.7 Å². The molecule has 4 rings (SSSR count). The van der Waals surface area contributed by atoms with E-state index in [-0.39, 0.29) is 12.6 Å². The quantitative estimate of drug-likeness (QED) is 0.231. The molecule has 1 N–H and O–H groups in total. The Morgan fingerprint density at radius 1 is 1.00 bits per heavy atom. The number of amides is 1. The summed E-state index contributed by atoms with van der Waals surface area (Å²) >= 11 is 3.47. The van der Waals surface area contributed by atoms with Crippen molar-refractivity contribution in [1.82, 2.24) is 10.3 Å². The molecule has 0 saturated heterocycles. The molecule has 0 bridgehead atoms. The van der Waals surface area contributed by atoms with E-state index >= 15 is 0 Å². The smallest absolute Gasteiger partial charge is 0.407 e. The van der Waals surface area contributed by atoms with E-state index in [9.17, 15) is 4.79 Å².